The van der Waals surface area contributed by atoms with Crippen LogP contribution in [0, 0.1) is 6.92 Å². The van der Waals surface area contributed by atoms with Crippen LogP contribution in [-0.4, -0.2) is 30.7 Å². The van der Waals surface area contributed by atoms with Crippen LogP contribution in [0.4, 0.5) is 0 Å². The highest BCUT2D eigenvalue weighted by atomic mass is 32.1. The molecule has 0 saturated heterocycles. The van der Waals surface area contributed by atoms with Gasteiger partial charge >= 0.3 is 5.97 Å². The minimum Gasteiger partial charge on any atom is -0.497 e. The number of hydrogen-bond donors (Lipinski definition) is 0. The summed E-state index contributed by atoms with van der Waals surface area (Å²) in [6.07, 6.45) is 0. The van der Waals surface area contributed by atoms with Gasteiger partial charge in [0.2, 0.25) is 0 Å². The van der Waals surface area contributed by atoms with Crippen molar-refractivity contribution in [3.8, 4) is 5.75 Å². The third-order valence-corrected chi connectivity index (χ3v) is 4.93. The number of rotatable bonds is 4. The van der Waals surface area contributed by atoms with Crippen LogP contribution in [0.1, 0.15) is 15.9 Å². The topological polar surface area (TPSA) is 69.9 Å². The molecule has 0 aliphatic rings. The molecule has 0 aliphatic heterocycles. The Balaban J connectivity index is 2.09. The zero-order valence-electron chi connectivity index (χ0n) is 14.7. The molecule has 1 heterocycles. The number of carbonyl (C=O) groups is 2. The van der Waals surface area contributed by atoms with E-state index in [-0.39, 0.29) is 12.5 Å². The van der Waals surface area contributed by atoms with Gasteiger partial charge in [0.25, 0.3) is 5.91 Å². The average molecular weight is 370 g/mol. The number of nitrogens with zero attached hydrogens (tertiary/aromatic N) is 2. The summed E-state index contributed by atoms with van der Waals surface area (Å²) in [5.74, 6) is -0.113. The molecule has 0 bridgehead atoms. The molecule has 1 aromatic heterocycles. The Morgan fingerprint density at radius 2 is 1.85 bits per heavy atom. The van der Waals surface area contributed by atoms with E-state index in [1.54, 1.807) is 35.9 Å². The number of fused-ring (bicyclic) bond motifs is 1. The van der Waals surface area contributed by atoms with E-state index in [0.29, 0.717) is 16.1 Å². The molecule has 0 aliphatic carbocycles. The average Bonchev–Trinajstić information content (AvgIpc) is 2.97. The zero-order valence-corrected chi connectivity index (χ0v) is 15.5. The Labute approximate surface area is 154 Å². The second kappa shape index (κ2) is 7.53. The number of methoxy groups -OCH3 is 2. The van der Waals surface area contributed by atoms with Gasteiger partial charge in [-0.05, 0) is 48.9 Å². The Bertz CT molecular complexity index is 1030. The first-order valence-electron chi connectivity index (χ1n) is 7.91. The summed E-state index contributed by atoms with van der Waals surface area (Å²) in [6.45, 7) is 1.98. The normalized spacial score (nSPS) is 11.6. The van der Waals surface area contributed by atoms with Gasteiger partial charge in [0.1, 0.15) is 12.3 Å². The lowest BCUT2D eigenvalue weighted by Crippen LogP contribution is -2.22. The van der Waals surface area contributed by atoms with Crippen molar-refractivity contribution in [2.45, 2.75) is 13.5 Å². The van der Waals surface area contributed by atoms with Crippen LogP contribution < -0.4 is 9.54 Å². The second-order valence-electron chi connectivity index (χ2n) is 5.66. The van der Waals surface area contributed by atoms with E-state index < -0.39 is 5.97 Å². The number of aryl methyl sites for hydroxylation is 1. The number of hydrogen-bond acceptors (Lipinski definition) is 5. The smallest absolute Gasteiger partial charge is 0.325 e. The lowest BCUT2D eigenvalue weighted by atomic mass is 10.2. The van der Waals surface area contributed by atoms with Crippen molar-refractivity contribution in [2.24, 2.45) is 4.99 Å². The third kappa shape index (κ3) is 3.67. The molecular formula is C19H18N2O4S. The summed E-state index contributed by atoms with van der Waals surface area (Å²) in [5.41, 5.74) is 2.38. The predicted molar refractivity (Wildman–Crippen MR) is 99.5 cm³/mol. The van der Waals surface area contributed by atoms with Gasteiger partial charge in [-0.3, -0.25) is 9.59 Å². The molecule has 6 nitrogen and oxygen atoms in total. The van der Waals surface area contributed by atoms with Crippen molar-refractivity contribution >= 4 is 33.4 Å². The molecule has 7 heteroatoms. The van der Waals surface area contributed by atoms with E-state index in [1.807, 2.05) is 25.1 Å². The fourth-order valence-corrected chi connectivity index (χ4v) is 3.62. The second-order valence-corrected chi connectivity index (χ2v) is 6.67. The van der Waals surface area contributed by atoms with Gasteiger partial charge in [-0.1, -0.05) is 17.4 Å². The van der Waals surface area contributed by atoms with Gasteiger partial charge in [-0.15, -0.1) is 0 Å². The van der Waals surface area contributed by atoms with Crippen LogP contribution in [0.25, 0.3) is 10.2 Å². The van der Waals surface area contributed by atoms with Crippen LogP contribution in [-0.2, 0) is 16.1 Å². The Morgan fingerprint density at radius 1 is 1.12 bits per heavy atom. The maximum atomic E-state index is 12.5. The van der Waals surface area contributed by atoms with Crippen molar-refractivity contribution in [2.75, 3.05) is 14.2 Å². The van der Waals surface area contributed by atoms with Crippen molar-refractivity contribution in [1.82, 2.24) is 4.57 Å². The number of esters is 1. The van der Waals surface area contributed by atoms with E-state index in [2.05, 4.69) is 4.99 Å². The molecule has 3 aromatic rings. The van der Waals surface area contributed by atoms with E-state index >= 15 is 0 Å². The number of amides is 1. The van der Waals surface area contributed by atoms with Crippen molar-refractivity contribution in [3.05, 3.63) is 58.4 Å². The summed E-state index contributed by atoms with van der Waals surface area (Å²) in [5, 5.41) is 0. The highest BCUT2D eigenvalue weighted by Crippen LogP contribution is 2.19. The lowest BCUT2D eigenvalue weighted by molar-refractivity contribution is -0.141. The molecule has 0 unspecified atom stereocenters. The van der Waals surface area contributed by atoms with E-state index in [1.165, 1.54) is 18.4 Å². The number of benzene rings is 2. The molecule has 26 heavy (non-hydrogen) atoms. The molecule has 3 rings (SSSR count). The van der Waals surface area contributed by atoms with Gasteiger partial charge < -0.3 is 14.0 Å². The Hall–Kier alpha value is -2.93. The van der Waals surface area contributed by atoms with Crippen LogP contribution in [0.3, 0.4) is 0 Å². The summed E-state index contributed by atoms with van der Waals surface area (Å²) in [6, 6.07) is 12.6. The van der Waals surface area contributed by atoms with Crippen molar-refractivity contribution in [3.63, 3.8) is 0 Å². The number of carbonyl (C=O) groups excluding carboxylic acids is 2. The predicted octanol–water partition coefficient (Wildman–Crippen LogP) is 2.93. The van der Waals surface area contributed by atoms with Crippen molar-refractivity contribution < 1.29 is 19.1 Å². The molecule has 0 spiro atoms. The maximum Gasteiger partial charge on any atom is 0.325 e. The van der Waals surface area contributed by atoms with E-state index in [9.17, 15) is 9.59 Å². The monoisotopic (exact) mass is 370 g/mol. The molecule has 0 atom stereocenters. The molecule has 0 saturated carbocycles. The number of ether oxygens (including phenoxy) is 2. The zero-order chi connectivity index (χ0) is 18.7. The quantitative estimate of drug-likeness (QED) is 0.662. The largest absolute Gasteiger partial charge is 0.497 e. The van der Waals surface area contributed by atoms with E-state index in [4.69, 9.17) is 9.47 Å². The molecule has 134 valence electrons. The maximum absolute atomic E-state index is 12.5. The van der Waals surface area contributed by atoms with Gasteiger partial charge in [0, 0.05) is 5.56 Å². The molecule has 2 aromatic carbocycles. The summed E-state index contributed by atoms with van der Waals surface area (Å²) >= 11 is 1.36. The first-order chi connectivity index (χ1) is 12.5. The first-order valence-corrected chi connectivity index (χ1v) is 8.73. The molecule has 1 amide bonds. The fraction of sp³-hybridized carbons (Fsp3) is 0.211. The first kappa shape index (κ1) is 17.9. The summed E-state index contributed by atoms with van der Waals surface area (Å²) < 4.78 is 12.5. The SMILES string of the molecule is COC(=O)Cn1c(=NC(=O)c2ccc(OC)cc2)sc2cc(C)ccc21. The van der Waals surface area contributed by atoms with Gasteiger partial charge in [0.05, 0.1) is 24.4 Å². The third-order valence-electron chi connectivity index (χ3n) is 3.89. The minimum atomic E-state index is -0.399. The Kier molecular flexibility index (Phi) is 5.18. The summed E-state index contributed by atoms with van der Waals surface area (Å²) in [4.78, 5) is 29.0. The standard InChI is InChI=1S/C19H18N2O4S/c1-12-4-9-15-16(10-12)26-19(21(15)11-17(22)25-3)20-18(23)13-5-7-14(24-2)8-6-13/h4-10H,11H2,1-3H3. The summed E-state index contributed by atoms with van der Waals surface area (Å²) in [7, 11) is 2.90. The minimum absolute atomic E-state index is 0.00567. The van der Waals surface area contributed by atoms with E-state index in [0.717, 1.165) is 15.8 Å². The number of thiazole rings is 1. The van der Waals surface area contributed by atoms with Gasteiger partial charge in [-0.25, -0.2) is 0 Å². The highest BCUT2D eigenvalue weighted by molar-refractivity contribution is 7.16. The molecule has 0 N–H and O–H groups in total. The van der Waals surface area contributed by atoms with Crippen molar-refractivity contribution in [1.29, 1.82) is 0 Å². The Morgan fingerprint density at radius 3 is 2.50 bits per heavy atom. The van der Waals surface area contributed by atoms with Crippen LogP contribution in [0.15, 0.2) is 47.5 Å². The van der Waals surface area contributed by atoms with Gasteiger partial charge in [0.15, 0.2) is 4.80 Å². The van der Waals surface area contributed by atoms with Crippen LogP contribution in [0.5, 0.6) is 5.75 Å². The molecule has 0 fully saturated rings. The van der Waals surface area contributed by atoms with Crippen LogP contribution in [0.2, 0.25) is 0 Å². The number of aromatic nitrogens is 1. The van der Waals surface area contributed by atoms with Gasteiger partial charge in [-0.2, -0.15) is 4.99 Å². The molecular weight excluding hydrogens is 352 g/mol. The van der Waals surface area contributed by atoms with Crippen LogP contribution >= 0.6 is 11.3 Å². The molecule has 0 radical (unpaired) electrons. The highest BCUT2D eigenvalue weighted by Gasteiger charge is 2.12. The fourth-order valence-electron chi connectivity index (χ4n) is 2.50. The lowest BCUT2D eigenvalue weighted by Gasteiger charge is -2.04.